The highest BCUT2D eigenvalue weighted by Gasteiger charge is 1.99. The lowest BCUT2D eigenvalue weighted by atomic mass is 10.1. The molecule has 4 nitrogen and oxygen atoms in total. The maximum Gasteiger partial charge on any atom is 0.190 e. The number of aliphatic imine (C=N–C) groups is 1. The van der Waals surface area contributed by atoms with E-state index < -0.39 is 0 Å². The van der Waals surface area contributed by atoms with E-state index in [4.69, 9.17) is 0 Å². The van der Waals surface area contributed by atoms with Gasteiger partial charge in [-0.2, -0.15) is 0 Å². The predicted molar refractivity (Wildman–Crippen MR) is 73.1 cm³/mol. The normalized spacial score (nSPS) is 11.7. The topological polar surface area (TPSA) is 39.7 Å². The fourth-order valence-electron chi connectivity index (χ4n) is 1.67. The van der Waals surface area contributed by atoms with Crippen LogP contribution in [0.15, 0.2) is 29.3 Å². The summed E-state index contributed by atoms with van der Waals surface area (Å²) in [4.78, 5) is 6.24. The molecule has 0 aliphatic rings. The first-order valence-corrected chi connectivity index (χ1v) is 5.76. The lowest BCUT2D eigenvalue weighted by molar-refractivity contribution is 0.402. The summed E-state index contributed by atoms with van der Waals surface area (Å²) < 4.78 is 0. The van der Waals surface area contributed by atoms with Crippen LogP contribution in [0.1, 0.15) is 11.1 Å². The molecule has 0 aliphatic carbocycles. The minimum Gasteiger partial charge on any atom is -0.359 e. The zero-order valence-electron chi connectivity index (χ0n) is 11.1. The third-order valence-electron chi connectivity index (χ3n) is 2.41. The molecule has 0 spiro atoms. The molecule has 0 saturated heterocycles. The van der Waals surface area contributed by atoms with Crippen molar-refractivity contribution in [3.8, 4) is 0 Å². The molecule has 94 valence electrons. The Balaban J connectivity index is 2.59. The first kappa shape index (κ1) is 13.5. The lowest BCUT2D eigenvalue weighted by Gasteiger charge is -2.12. The third-order valence-corrected chi connectivity index (χ3v) is 2.41. The van der Waals surface area contributed by atoms with E-state index in [1.807, 2.05) is 7.05 Å². The highest BCUT2D eigenvalue weighted by molar-refractivity contribution is 5.79. The Hall–Kier alpha value is -1.55. The molecule has 0 radical (unpaired) electrons. The van der Waals surface area contributed by atoms with E-state index in [-0.39, 0.29) is 0 Å². The molecule has 0 atom stereocenters. The van der Waals surface area contributed by atoms with Crippen molar-refractivity contribution in [3.63, 3.8) is 0 Å². The van der Waals surface area contributed by atoms with Crippen molar-refractivity contribution < 1.29 is 0 Å². The van der Waals surface area contributed by atoms with E-state index in [1.165, 1.54) is 11.1 Å². The maximum absolute atomic E-state index is 4.08. The summed E-state index contributed by atoms with van der Waals surface area (Å²) in [5.74, 6) is 0.808. The van der Waals surface area contributed by atoms with Crippen LogP contribution in [0.25, 0.3) is 0 Å². The summed E-state index contributed by atoms with van der Waals surface area (Å²) >= 11 is 0. The van der Waals surface area contributed by atoms with E-state index in [0.29, 0.717) is 0 Å². The summed E-state index contributed by atoms with van der Waals surface area (Å²) in [6.45, 7) is 1.75. The number of hydrogen-bond donors (Lipinski definition) is 2. The van der Waals surface area contributed by atoms with Crippen LogP contribution in [0.5, 0.6) is 0 Å². The van der Waals surface area contributed by atoms with Gasteiger partial charge in [-0.3, -0.25) is 4.99 Å². The van der Waals surface area contributed by atoms with Gasteiger partial charge in [0.15, 0.2) is 5.96 Å². The molecule has 1 aromatic carbocycles. The second-order valence-electron chi connectivity index (χ2n) is 4.23. The molecule has 2 N–H and O–H groups in total. The first-order chi connectivity index (χ1) is 8.15. The van der Waals surface area contributed by atoms with Crippen molar-refractivity contribution in [3.05, 3.63) is 35.4 Å². The minimum atomic E-state index is 0.786. The van der Waals surface area contributed by atoms with Gasteiger partial charge < -0.3 is 15.5 Å². The number of benzene rings is 1. The molecular formula is C13H22N4. The summed E-state index contributed by atoms with van der Waals surface area (Å²) in [5, 5.41) is 6.24. The molecule has 0 unspecified atom stereocenters. The second-order valence-corrected chi connectivity index (χ2v) is 4.23. The fourth-order valence-corrected chi connectivity index (χ4v) is 1.67. The highest BCUT2D eigenvalue weighted by Crippen LogP contribution is 2.06. The van der Waals surface area contributed by atoms with Crippen LogP contribution in [0, 0.1) is 0 Å². The molecule has 0 aromatic heterocycles. The van der Waals surface area contributed by atoms with Crippen LogP contribution in [0.4, 0.5) is 0 Å². The lowest BCUT2D eigenvalue weighted by Crippen LogP contribution is -2.34. The number of hydrogen-bond acceptors (Lipinski definition) is 2. The fraction of sp³-hybridized carbons (Fsp3) is 0.462. The predicted octanol–water partition coefficient (Wildman–Crippen LogP) is 1.04. The summed E-state index contributed by atoms with van der Waals surface area (Å²) in [6.07, 6.45) is 0. The van der Waals surface area contributed by atoms with Crippen molar-refractivity contribution in [1.82, 2.24) is 15.5 Å². The minimum absolute atomic E-state index is 0.786. The Morgan fingerprint density at radius 2 is 2.00 bits per heavy atom. The third kappa shape index (κ3) is 4.87. The maximum atomic E-state index is 4.08. The van der Waals surface area contributed by atoms with E-state index in [1.54, 1.807) is 7.05 Å². The van der Waals surface area contributed by atoms with Gasteiger partial charge in [-0.05, 0) is 25.2 Å². The zero-order valence-corrected chi connectivity index (χ0v) is 11.1. The summed E-state index contributed by atoms with van der Waals surface area (Å²) in [6, 6.07) is 8.58. The molecule has 0 bridgehead atoms. The van der Waals surface area contributed by atoms with Crippen LogP contribution in [-0.4, -0.2) is 39.1 Å². The van der Waals surface area contributed by atoms with Crippen molar-refractivity contribution in [1.29, 1.82) is 0 Å². The molecule has 0 aliphatic heterocycles. The van der Waals surface area contributed by atoms with Crippen LogP contribution in [0.2, 0.25) is 0 Å². The van der Waals surface area contributed by atoms with Crippen LogP contribution < -0.4 is 10.6 Å². The second kappa shape index (κ2) is 6.91. The van der Waals surface area contributed by atoms with Gasteiger partial charge in [-0.15, -0.1) is 0 Å². The van der Waals surface area contributed by atoms with Crippen molar-refractivity contribution in [2.24, 2.45) is 4.99 Å². The molecular weight excluding hydrogens is 212 g/mol. The van der Waals surface area contributed by atoms with Crippen molar-refractivity contribution in [2.45, 2.75) is 13.1 Å². The summed E-state index contributed by atoms with van der Waals surface area (Å²) in [7, 11) is 7.78. The average molecular weight is 234 g/mol. The summed E-state index contributed by atoms with van der Waals surface area (Å²) in [5.41, 5.74) is 2.59. The Kier molecular flexibility index (Phi) is 5.49. The molecule has 0 saturated carbocycles. The quantitative estimate of drug-likeness (QED) is 0.604. The van der Waals surface area contributed by atoms with Crippen molar-refractivity contribution in [2.75, 3.05) is 28.2 Å². The van der Waals surface area contributed by atoms with Crippen molar-refractivity contribution >= 4 is 5.96 Å². The largest absolute Gasteiger partial charge is 0.359 e. The van der Waals surface area contributed by atoms with E-state index in [0.717, 1.165) is 19.0 Å². The van der Waals surface area contributed by atoms with Crippen LogP contribution >= 0.6 is 0 Å². The Morgan fingerprint density at radius 3 is 2.59 bits per heavy atom. The van der Waals surface area contributed by atoms with Gasteiger partial charge in [-0.1, -0.05) is 24.3 Å². The Morgan fingerprint density at radius 1 is 1.29 bits per heavy atom. The molecule has 0 amide bonds. The molecule has 4 heteroatoms. The number of nitrogens with zero attached hydrogens (tertiary/aromatic N) is 2. The average Bonchev–Trinajstić information content (AvgIpc) is 2.30. The van der Waals surface area contributed by atoms with Gasteiger partial charge in [0.25, 0.3) is 0 Å². The van der Waals surface area contributed by atoms with Gasteiger partial charge in [0.2, 0.25) is 0 Å². The monoisotopic (exact) mass is 234 g/mol. The standard InChI is InChI=1S/C13H22N4/c1-14-13(15-2)16-9-11-6-5-7-12(8-11)10-17(3)4/h5-8H,9-10H2,1-4H3,(H2,14,15,16). The van der Waals surface area contributed by atoms with E-state index >= 15 is 0 Å². The molecule has 17 heavy (non-hydrogen) atoms. The van der Waals surface area contributed by atoms with E-state index in [2.05, 4.69) is 58.9 Å². The smallest absolute Gasteiger partial charge is 0.190 e. The molecule has 1 aromatic rings. The van der Waals surface area contributed by atoms with Gasteiger partial charge in [0, 0.05) is 27.2 Å². The number of nitrogens with one attached hydrogen (secondary N) is 2. The number of rotatable bonds is 4. The SMILES string of the molecule is CN=C(NC)NCc1cccc(CN(C)C)c1. The van der Waals surface area contributed by atoms with Gasteiger partial charge in [0.05, 0.1) is 0 Å². The Bertz CT molecular complexity index is 371. The zero-order chi connectivity index (χ0) is 12.7. The van der Waals surface area contributed by atoms with Crippen LogP contribution in [0.3, 0.4) is 0 Å². The van der Waals surface area contributed by atoms with Gasteiger partial charge >= 0.3 is 0 Å². The highest BCUT2D eigenvalue weighted by atomic mass is 15.1. The van der Waals surface area contributed by atoms with Gasteiger partial charge in [-0.25, -0.2) is 0 Å². The van der Waals surface area contributed by atoms with Crippen LogP contribution in [-0.2, 0) is 13.1 Å². The first-order valence-electron chi connectivity index (χ1n) is 5.76. The van der Waals surface area contributed by atoms with Gasteiger partial charge in [0.1, 0.15) is 0 Å². The van der Waals surface area contributed by atoms with E-state index in [9.17, 15) is 0 Å². The molecule has 0 fully saturated rings. The number of guanidine groups is 1. The molecule has 0 heterocycles. The Labute approximate surface area is 104 Å². The molecule has 1 rings (SSSR count).